The number of ether oxygens (including phenoxy) is 2. The van der Waals surface area contributed by atoms with Gasteiger partial charge in [0.1, 0.15) is 24.9 Å². The Bertz CT molecular complexity index is 449. The highest BCUT2D eigenvalue weighted by atomic mass is 16.7. The minimum atomic E-state index is -1.76. The molecule has 1 aliphatic rings. The molecule has 20 heavy (non-hydrogen) atoms. The van der Waals surface area contributed by atoms with E-state index in [1.54, 1.807) is 24.3 Å². The second-order valence-electron chi connectivity index (χ2n) is 4.51. The summed E-state index contributed by atoms with van der Waals surface area (Å²) >= 11 is 0. The maximum absolute atomic E-state index is 11.8. The monoisotopic (exact) mass is 284 g/mol. The Hall–Kier alpha value is -1.51. The van der Waals surface area contributed by atoms with E-state index in [9.17, 15) is 25.2 Å². The first-order valence-corrected chi connectivity index (χ1v) is 6.09. The summed E-state index contributed by atoms with van der Waals surface area (Å²) in [6, 6.07) is 8.86. The summed E-state index contributed by atoms with van der Waals surface area (Å²) in [5.74, 6) is -0.925. The van der Waals surface area contributed by atoms with Crippen LogP contribution in [0.1, 0.15) is 5.56 Å². The molecule has 1 saturated heterocycles. The van der Waals surface area contributed by atoms with Crippen LogP contribution >= 0.6 is 0 Å². The standard InChI is InChI=1S/C13H16O7/c14-8-9(15)11(20-12(17)10(8)16)13(18)19-6-7-4-2-1-3-5-7/h1-5,8-12,14-17H,6H2/t8-,9+,10+,11+,12-/m1/s1. The molecule has 2 rings (SSSR count). The number of carbonyl (C=O) groups is 1. The van der Waals surface area contributed by atoms with Crippen LogP contribution in [0.25, 0.3) is 0 Å². The number of hydrogen-bond donors (Lipinski definition) is 4. The van der Waals surface area contributed by atoms with Gasteiger partial charge in [-0.2, -0.15) is 0 Å². The molecule has 0 radical (unpaired) electrons. The summed E-state index contributed by atoms with van der Waals surface area (Å²) in [5.41, 5.74) is 0.743. The van der Waals surface area contributed by atoms with Crippen molar-refractivity contribution in [1.82, 2.24) is 0 Å². The molecule has 1 aliphatic heterocycles. The van der Waals surface area contributed by atoms with Crippen molar-refractivity contribution in [3.8, 4) is 0 Å². The van der Waals surface area contributed by atoms with E-state index in [0.29, 0.717) is 0 Å². The Morgan fingerprint density at radius 3 is 2.35 bits per heavy atom. The zero-order chi connectivity index (χ0) is 14.7. The van der Waals surface area contributed by atoms with E-state index >= 15 is 0 Å². The van der Waals surface area contributed by atoms with E-state index in [-0.39, 0.29) is 6.61 Å². The molecule has 0 aliphatic carbocycles. The van der Waals surface area contributed by atoms with Gasteiger partial charge in [-0.05, 0) is 5.56 Å². The third-order valence-corrected chi connectivity index (χ3v) is 3.04. The Kier molecular flexibility index (Phi) is 4.69. The lowest BCUT2D eigenvalue weighted by atomic mass is 9.99. The molecule has 0 spiro atoms. The highest BCUT2D eigenvalue weighted by Gasteiger charge is 2.46. The van der Waals surface area contributed by atoms with Crippen molar-refractivity contribution < 1.29 is 34.7 Å². The van der Waals surface area contributed by atoms with E-state index in [1.165, 1.54) is 0 Å². The lowest BCUT2D eigenvalue weighted by Crippen LogP contribution is -2.59. The van der Waals surface area contributed by atoms with Crippen molar-refractivity contribution in [2.45, 2.75) is 37.3 Å². The van der Waals surface area contributed by atoms with Gasteiger partial charge in [-0.3, -0.25) is 0 Å². The lowest BCUT2D eigenvalue weighted by molar-refractivity contribution is -0.281. The van der Waals surface area contributed by atoms with E-state index in [4.69, 9.17) is 9.47 Å². The fourth-order valence-electron chi connectivity index (χ4n) is 1.87. The molecule has 5 atom stereocenters. The number of hydrogen-bond acceptors (Lipinski definition) is 7. The number of rotatable bonds is 3. The van der Waals surface area contributed by atoms with Gasteiger partial charge in [0.2, 0.25) is 0 Å². The normalized spacial score (nSPS) is 33.7. The molecule has 1 aromatic rings. The van der Waals surface area contributed by atoms with Crippen molar-refractivity contribution in [2.75, 3.05) is 0 Å². The molecular formula is C13H16O7. The van der Waals surface area contributed by atoms with Gasteiger partial charge >= 0.3 is 5.97 Å². The minimum Gasteiger partial charge on any atom is -0.459 e. The number of benzene rings is 1. The summed E-state index contributed by atoms with van der Waals surface area (Å²) in [6.45, 7) is -0.0268. The number of carbonyl (C=O) groups excluding carboxylic acids is 1. The van der Waals surface area contributed by atoms with Crippen molar-refractivity contribution >= 4 is 5.97 Å². The predicted molar refractivity (Wildman–Crippen MR) is 65.1 cm³/mol. The lowest BCUT2D eigenvalue weighted by Gasteiger charge is -2.36. The molecule has 7 nitrogen and oxygen atoms in total. The molecule has 7 heteroatoms. The number of aliphatic hydroxyl groups excluding tert-OH is 4. The fourth-order valence-corrected chi connectivity index (χ4v) is 1.87. The van der Waals surface area contributed by atoms with Crippen molar-refractivity contribution in [1.29, 1.82) is 0 Å². The van der Waals surface area contributed by atoms with E-state index < -0.39 is 36.7 Å². The van der Waals surface area contributed by atoms with Crippen molar-refractivity contribution in [2.24, 2.45) is 0 Å². The summed E-state index contributed by atoms with van der Waals surface area (Å²) in [4.78, 5) is 11.8. The molecule has 1 fully saturated rings. The molecule has 0 amide bonds. The minimum absolute atomic E-state index is 0.0268. The Morgan fingerprint density at radius 1 is 1.05 bits per heavy atom. The average Bonchev–Trinajstić information content (AvgIpc) is 2.47. The summed E-state index contributed by atoms with van der Waals surface area (Å²) < 4.78 is 9.69. The molecule has 0 aromatic heterocycles. The Labute approximate surface area is 115 Å². The van der Waals surface area contributed by atoms with E-state index in [0.717, 1.165) is 5.56 Å². The number of aliphatic hydroxyl groups is 4. The molecular weight excluding hydrogens is 268 g/mol. The molecule has 110 valence electrons. The van der Waals surface area contributed by atoms with Gasteiger partial charge in [0.15, 0.2) is 12.4 Å². The Morgan fingerprint density at radius 2 is 1.70 bits per heavy atom. The topological polar surface area (TPSA) is 116 Å². The van der Waals surface area contributed by atoms with Gasteiger partial charge in [0.05, 0.1) is 0 Å². The molecule has 4 N–H and O–H groups in total. The predicted octanol–water partition coefficient (Wildman–Crippen LogP) is -1.47. The summed E-state index contributed by atoms with van der Waals surface area (Å²) in [7, 11) is 0. The highest BCUT2D eigenvalue weighted by Crippen LogP contribution is 2.21. The molecule has 0 saturated carbocycles. The van der Waals surface area contributed by atoms with Gasteiger partial charge in [-0.25, -0.2) is 4.79 Å². The second-order valence-corrected chi connectivity index (χ2v) is 4.51. The third-order valence-electron chi connectivity index (χ3n) is 3.04. The van der Waals surface area contributed by atoms with Gasteiger partial charge in [0, 0.05) is 0 Å². The van der Waals surface area contributed by atoms with Crippen LogP contribution < -0.4 is 0 Å². The van der Waals surface area contributed by atoms with Gasteiger partial charge in [-0.1, -0.05) is 30.3 Å². The van der Waals surface area contributed by atoms with Crippen LogP contribution in [0.15, 0.2) is 30.3 Å². The van der Waals surface area contributed by atoms with Crippen LogP contribution in [0.5, 0.6) is 0 Å². The maximum atomic E-state index is 11.8. The molecule has 0 unspecified atom stereocenters. The van der Waals surface area contributed by atoms with Gasteiger partial charge in [-0.15, -0.1) is 0 Å². The van der Waals surface area contributed by atoms with Crippen LogP contribution in [0.3, 0.4) is 0 Å². The summed E-state index contributed by atoms with van der Waals surface area (Å²) in [5, 5.41) is 37.7. The number of esters is 1. The van der Waals surface area contributed by atoms with Crippen molar-refractivity contribution in [3.63, 3.8) is 0 Å². The Balaban J connectivity index is 1.95. The SMILES string of the molecule is O=C(OCc1ccccc1)[C@H]1O[C@@H](O)[C@@H](O)[C@H](O)[C@@H]1O. The van der Waals surface area contributed by atoms with E-state index in [1.807, 2.05) is 6.07 Å². The van der Waals surface area contributed by atoms with E-state index in [2.05, 4.69) is 0 Å². The third kappa shape index (κ3) is 3.14. The molecule has 0 bridgehead atoms. The fraction of sp³-hybridized carbons (Fsp3) is 0.462. The van der Waals surface area contributed by atoms with Crippen LogP contribution in [-0.4, -0.2) is 57.1 Å². The first kappa shape index (κ1) is 14.9. The van der Waals surface area contributed by atoms with Gasteiger partial charge in [0.25, 0.3) is 0 Å². The van der Waals surface area contributed by atoms with Crippen molar-refractivity contribution in [3.05, 3.63) is 35.9 Å². The first-order valence-electron chi connectivity index (χ1n) is 6.09. The van der Waals surface area contributed by atoms with Gasteiger partial charge < -0.3 is 29.9 Å². The maximum Gasteiger partial charge on any atom is 0.338 e. The quantitative estimate of drug-likeness (QED) is 0.501. The summed E-state index contributed by atoms with van der Waals surface area (Å²) in [6.07, 6.45) is -8.34. The largest absolute Gasteiger partial charge is 0.459 e. The van der Waals surface area contributed by atoms with Crippen LogP contribution in [0.2, 0.25) is 0 Å². The molecule has 1 aromatic carbocycles. The zero-order valence-corrected chi connectivity index (χ0v) is 10.5. The molecule has 1 heterocycles. The average molecular weight is 284 g/mol. The smallest absolute Gasteiger partial charge is 0.338 e. The zero-order valence-electron chi connectivity index (χ0n) is 10.5. The highest BCUT2D eigenvalue weighted by molar-refractivity contribution is 5.75. The van der Waals surface area contributed by atoms with Crippen LogP contribution in [0.4, 0.5) is 0 Å². The van der Waals surface area contributed by atoms with Crippen LogP contribution in [-0.2, 0) is 20.9 Å². The van der Waals surface area contributed by atoms with Crippen LogP contribution in [0, 0.1) is 0 Å². The second kappa shape index (κ2) is 6.29. The first-order chi connectivity index (χ1) is 9.50.